The molecule has 2 N–H and O–H groups in total. The van der Waals surface area contributed by atoms with Crippen LogP contribution in [0.2, 0.25) is 5.02 Å². The molecule has 0 aromatic heterocycles. The summed E-state index contributed by atoms with van der Waals surface area (Å²) in [4.78, 5) is 5.57. The molecule has 8 heteroatoms. The van der Waals surface area contributed by atoms with Gasteiger partial charge in [-0.05, 0) is 38.1 Å². The lowest BCUT2D eigenvalue weighted by Crippen LogP contribution is -2.32. The van der Waals surface area contributed by atoms with E-state index in [-0.39, 0.29) is 22.6 Å². The van der Waals surface area contributed by atoms with E-state index in [4.69, 9.17) is 26.9 Å². The summed E-state index contributed by atoms with van der Waals surface area (Å²) in [5, 5.41) is 32.4. The highest BCUT2D eigenvalue weighted by atomic mass is 35.5. The van der Waals surface area contributed by atoms with Gasteiger partial charge in [-0.25, -0.2) is 0 Å². The number of oxime groups is 1. The Kier molecular flexibility index (Phi) is 4.98. The minimum Gasteiger partial charge on any atom is -0.426 e. The van der Waals surface area contributed by atoms with E-state index >= 15 is 0 Å². The lowest BCUT2D eigenvalue weighted by Gasteiger charge is -2.28. The molecular formula is C17H12ClN5O2. The van der Waals surface area contributed by atoms with Crippen molar-refractivity contribution in [3.63, 3.8) is 0 Å². The van der Waals surface area contributed by atoms with Gasteiger partial charge in [0.25, 0.3) is 0 Å². The van der Waals surface area contributed by atoms with Crippen LogP contribution in [0, 0.1) is 34.0 Å². The lowest BCUT2D eigenvalue weighted by atomic mass is 9.90. The number of rotatable bonds is 3. The van der Waals surface area contributed by atoms with Crippen molar-refractivity contribution in [3.05, 3.63) is 57.5 Å². The summed E-state index contributed by atoms with van der Waals surface area (Å²) in [5.41, 5.74) is 6.11. The van der Waals surface area contributed by atoms with Crippen molar-refractivity contribution in [2.45, 2.75) is 19.6 Å². The molecule has 0 radical (unpaired) electrons. The van der Waals surface area contributed by atoms with Crippen LogP contribution in [0.5, 0.6) is 0 Å². The highest BCUT2D eigenvalue weighted by Crippen LogP contribution is 2.47. The van der Waals surface area contributed by atoms with Crippen molar-refractivity contribution in [2.24, 2.45) is 10.9 Å². The summed E-state index contributed by atoms with van der Waals surface area (Å²) < 4.78 is 5.63. The Hall–Kier alpha value is -3.47. The largest absolute Gasteiger partial charge is 0.426 e. The Balaban J connectivity index is 2.84. The van der Waals surface area contributed by atoms with Gasteiger partial charge in [0, 0.05) is 10.6 Å². The third-order valence-corrected chi connectivity index (χ3v) is 3.50. The van der Waals surface area contributed by atoms with E-state index in [1.807, 2.05) is 6.07 Å². The molecule has 1 aliphatic heterocycles. The summed E-state index contributed by atoms with van der Waals surface area (Å²) in [6.07, 6.45) is 0. The van der Waals surface area contributed by atoms with Crippen molar-refractivity contribution in [1.29, 1.82) is 15.8 Å². The van der Waals surface area contributed by atoms with E-state index < -0.39 is 5.79 Å². The average Bonchev–Trinajstić information content (AvgIpc) is 2.88. The van der Waals surface area contributed by atoms with Gasteiger partial charge in [-0.3, -0.25) is 0 Å². The van der Waals surface area contributed by atoms with Gasteiger partial charge in [-0.15, -0.1) is 0 Å². The van der Waals surface area contributed by atoms with Crippen molar-refractivity contribution in [1.82, 2.24) is 0 Å². The molecule has 1 aliphatic rings. The second kappa shape index (κ2) is 6.97. The Morgan fingerprint density at radius 3 is 2.28 bits per heavy atom. The van der Waals surface area contributed by atoms with Gasteiger partial charge in [-0.1, -0.05) is 16.8 Å². The monoisotopic (exact) mass is 353 g/mol. The summed E-state index contributed by atoms with van der Waals surface area (Å²) in [6, 6.07) is 11.6. The van der Waals surface area contributed by atoms with E-state index in [0.717, 1.165) is 0 Å². The molecule has 0 spiro atoms. The lowest BCUT2D eigenvalue weighted by molar-refractivity contribution is -0.187. The predicted molar refractivity (Wildman–Crippen MR) is 89.2 cm³/mol. The molecule has 1 heterocycles. The topological polar surface area (TPSA) is 128 Å². The summed E-state index contributed by atoms with van der Waals surface area (Å²) in [6.45, 7) is 3.37. The number of hydrogen-bond donors (Lipinski definition) is 1. The number of hydrogen-bond acceptors (Lipinski definition) is 7. The second-order valence-corrected chi connectivity index (χ2v) is 5.62. The molecule has 0 saturated carbocycles. The number of halogens is 1. The van der Waals surface area contributed by atoms with Gasteiger partial charge in [0.05, 0.1) is 11.3 Å². The highest BCUT2D eigenvalue weighted by molar-refractivity contribution is 6.30. The van der Waals surface area contributed by atoms with Crippen LogP contribution in [0.1, 0.15) is 19.4 Å². The number of nitriles is 3. The van der Waals surface area contributed by atoms with Gasteiger partial charge >= 0.3 is 5.79 Å². The van der Waals surface area contributed by atoms with E-state index in [2.05, 4.69) is 5.16 Å². The first kappa shape index (κ1) is 17.9. The molecule has 0 saturated heterocycles. The molecule has 1 unspecified atom stereocenters. The summed E-state index contributed by atoms with van der Waals surface area (Å²) in [5.74, 6) is -2.10. The molecule has 0 aliphatic carbocycles. The zero-order chi connectivity index (χ0) is 18.6. The van der Waals surface area contributed by atoms with Crippen molar-refractivity contribution < 1.29 is 9.57 Å². The summed E-state index contributed by atoms with van der Waals surface area (Å²) >= 11 is 5.92. The van der Waals surface area contributed by atoms with E-state index in [9.17, 15) is 15.8 Å². The number of allylic oxidation sites excluding steroid dienone is 1. The smallest absolute Gasteiger partial charge is 0.333 e. The van der Waals surface area contributed by atoms with Crippen LogP contribution in [-0.2, 0) is 15.4 Å². The Labute approximate surface area is 149 Å². The number of nitrogens with two attached hydrogens (primary N) is 1. The maximum absolute atomic E-state index is 9.41. The molecule has 7 nitrogen and oxygen atoms in total. The fourth-order valence-corrected chi connectivity index (χ4v) is 2.35. The Morgan fingerprint density at radius 1 is 1.20 bits per heavy atom. The first-order valence-corrected chi connectivity index (χ1v) is 7.37. The molecular weight excluding hydrogens is 342 g/mol. The van der Waals surface area contributed by atoms with E-state index in [1.165, 1.54) is 0 Å². The quantitative estimate of drug-likeness (QED) is 0.505. The zero-order valence-corrected chi connectivity index (χ0v) is 14.1. The SMILES string of the molecule is CC(C)=NOC1(c2ccc(Cl)cc2)OC(N)=C(C#N)C1=C(C#N)C#N. The van der Waals surface area contributed by atoms with Crippen molar-refractivity contribution in [2.75, 3.05) is 0 Å². The third kappa shape index (κ3) is 3.12. The fourth-order valence-electron chi connectivity index (χ4n) is 2.23. The highest BCUT2D eigenvalue weighted by Gasteiger charge is 2.52. The van der Waals surface area contributed by atoms with Crippen molar-refractivity contribution in [3.8, 4) is 18.2 Å². The predicted octanol–water partition coefficient (Wildman–Crippen LogP) is 2.97. The molecule has 0 fully saturated rings. The average molecular weight is 354 g/mol. The van der Waals surface area contributed by atoms with Crippen LogP contribution in [-0.4, -0.2) is 5.71 Å². The maximum Gasteiger partial charge on any atom is 0.333 e. The van der Waals surface area contributed by atoms with Gasteiger partial charge in [0.15, 0.2) is 0 Å². The Bertz CT molecular complexity index is 906. The number of ether oxygens (including phenoxy) is 1. The molecule has 25 heavy (non-hydrogen) atoms. The van der Waals surface area contributed by atoms with E-state index in [1.54, 1.807) is 50.3 Å². The molecule has 0 amide bonds. The maximum atomic E-state index is 9.41. The molecule has 124 valence electrons. The normalized spacial score (nSPS) is 18.5. The molecule has 2 rings (SSSR count). The van der Waals surface area contributed by atoms with Gasteiger partial charge in [-0.2, -0.15) is 15.8 Å². The minimum absolute atomic E-state index is 0.0928. The molecule has 1 atom stereocenters. The van der Waals surface area contributed by atoms with Crippen molar-refractivity contribution >= 4 is 17.3 Å². The van der Waals surface area contributed by atoms with Crippen LogP contribution in [0.15, 0.2) is 52.0 Å². The van der Waals surface area contributed by atoms with Crippen LogP contribution in [0.4, 0.5) is 0 Å². The van der Waals surface area contributed by atoms with Gasteiger partial charge in [0.2, 0.25) is 5.88 Å². The number of nitrogens with zero attached hydrogens (tertiary/aromatic N) is 4. The van der Waals surface area contributed by atoms with Crippen LogP contribution < -0.4 is 5.73 Å². The first-order valence-electron chi connectivity index (χ1n) is 6.99. The minimum atomic E-state index is -1.84. The van der Waals surface area contributed by atoms with Gasteiger partial charge < -0.3 is 15.3 Å². The molecule has 1 aromatic carbocycles. The molecule has 0 bridgehead atoms. The van der Waals surface area contributed by atoms with E-state index in [0.29, 0.717) is 16.3 Å². The Morgan fingerprint density at radius 2 is 1.80 bits per heavy atom. The second-order valence-electron chi connectivity index (χ2n) is 5.18. The first-order chi connectivity index (χ1) is 11.9. The van der Waals surface area contributed by atoms with Crippen LogP contribution >= 0.6 is 11.6 Å². The van der Waals surface area contributed by atoms with Gasteiger partial charge in [0.1, 0.15) is 29.4 Å². The van der Waals surface area contributed by atoms with Crippen LogP contribution in [0.25, 0.3) is 0 Å². The molecule has 1 aromatic rings. The number of benzene rings is 1. The fraction of sp³-hybridized carbons (Fsp3) is 0.176. The standard InChI is InChI=1S/C17H12ClN5O2/c1-10(2)23-25-17(12-3-5-13(18)6-4-12)15(11(7-19)8-20)14(9-21)16(22)24-17/h3-6H,22H2,1-2H3. The zero-order valence-electron chi connectivity index (χ0n) is 13.4. The third-order valence-electron chi connectivity index (χ3n) is 3.25. The summed E-state index contributed by atoms with van der Waals surface area (Å²) in [7, 11) is 0. The van der Waals surface area contributed by atoms with Crippen LogP contribution in [0.3, 0.4) is 0 Å².